The molecule has 19 heteroatoms. The summed E-state index contributed by atoms with van der Waals surface area (Å²) in [6.07, 6.45) is 2.66. The predicted octanol–water partition coefficient (Wildman–Crippen LogP) is -2.92. The monoisotopic (exact) mass is 713 g/mol. The third-order valence-electron chi connectivity index (χ3n) is 7.66. The van der Waals surface area contributed by atoms with Gasteiger partial charge < -0.3 is 61.9 Å². The Bertz CT molecular complexity index is 1770. The quantitative estimate of drug-likeness (QED) is 0.0468. The van der Waals surface area contributed by atoms with Crippen molar-refractivity contribution < 1.29 is 39.6 Å². The van der Waals surface area contributed by atoms with Crippen LogP contribution in [0.15, 0.2) is 46.2 Å². The molecule has 0 fully saturated rings. The molecule has 0 atom stereocenters. The van der Waals surface area contributed by atoms with E-state index in [2.05, 4.69) is 26.6 Å². The number of carbonyl (C=O) groups excluding carboxylic acids is 4. The van der Waals surface area contributed by atoms with Crippen molar-refractivity contribution in [3.8, 4) is 23.0 Å². The first-order valence-corrected chi connectivity index (χ1v) is 15.9. The molecule has 0 spiro atoms. The van der Waals surface area contributed by atoms with Crippen LogP contribution in [0.3, 0.4) is 0 Å². The fourth-order valence-corrected chi connectivity index (χ4v) is 4.73. The summed E-state index contributed by atoms with van der Waals surface area (Å²) in [5, 5.41) is 54.5. The lowest BCUT2D eigenvalue weighted by atomic mass is 10.1. The van der Waals surface area contributed by atoms with Crippen molar-refractivity contribution in [1.82, 2.24) is 40.6 Å². The number of nitrogens with one attached hydrogen (secondary N) is 5. The molecular weight excluding hydrogens is 670 g/mol. The lowest BCUT2D eigenvalue weighted by molar-refractivity contribution is 0.0929. The van der Waals surface area contributed by atoms with E-state index >= 15 is 0 Å². The lowest BCUT2D eigenvalue weighted by Crippen LogP contribution is -2.43. The molecule has 0 radical (unpaired) electrons. The summed E-state index contributed by atoms with van der Waals surface area (Å²) in [7, 11) is 2.84. The summed E-state index contributed by atoms with van der Waals surface area (Å²) in [4.78, 5) is 76.4. The Labute approximate surface area is 291 Å². The fraction of sp³-hybridized carbons (Fsp3) is 0.375. The van der Waals surface area contributed by atoms with Crippen molar-refractivity contribution in [3.63, 3.8) is 0 Å². The number of pyridine rings is 2. The van der Waals surface area contributed by atoms with Crippen LogP contribution in [0.25, 0.3) is 0 Å². The standard InChI is InChI=1S/C32H43N9O10/c1-39-14-5-21(25(44)31(39)50)29(48)37-12-17-41(18-13-38-30(49)22-6-15-40(2)32(51)26(22)45)16-11-36-28(47)20-4-3-19(23(42)24(20)43)27(46)35-10-9-34-8-7-33/h3-6,14-15,34,42-45H,7-13,16-18,33H2,1-2H3,(H,35,46)(H,36,47)(H,37,48)(H,38,49). The van der Waals surface area contributed by atoms with E-state index < -0.39 is 57.7 Å². The number of phenolic OH excluding ortho intramolecular Hbond substituents is 2. The molecule has 0 aliphatic rings. The molecule has 2 heterocycles. The average molecular weight is 714 g/mol. The van der Waals surface area contributed by atoms with Crippen molar-refractivity contribution in [2.24, 2.45) is 19.8 Å². The van der Waals surface area contributed by atoms with Crippen LogP contribution < -0.4 is 43.4 Å². The number of amides is 4. The summed E-state index contributed by atoms with van der Waals surface area (Å²) in [6.45, 7) is 2.16. The van der Waals surface area contributed by atoms with Crippen LogP contribution >= 0.6 is 0 Å². The van der Waals surface area contributed by atoms with Gasteiger partial charge in [-0.25, -0.2) is 0 Å². The minimum absolute atomic E-state index is 0.00992. The molecule has 11 N–H and O–H groups in total. The molecule has 0 aliphatic carbocycles. The number of benzene rings is 1. The third kappa shape index (κ3) is 10.5. The molecule has 0 aliphatic heterocycles. The number of hydrogen-bond donors (Lipinski definition) is 10. The van der Waals surface area contributed by atoms with Crippen molar-refractivity contribution >= 4 is 23.6 Å². The van der Waals surface area contributed by atoms with Gasteiger partial charge in [0.15, 0.2) is 23.0 Å². The van der Waals surface area contributed by atoms with Gasteiger partial charge >= 0.3 is 0 Å². The van der Waals surface area contributed by atoms with Gasteiger partial charge in [-0.05, 0) is 24.3 Å². The Morgan fingerprint density at radius 1 is 0.569 bits per heavy atom. The normalized spacial score (nSPS) is 10.9. The molecule has 19 nitrogen and oxygen atoms in total. The molecule has 3 aromatic rings. The van der Waals surface area contributed by atoms with Crippen LogP contribution in [0, 0.1) is 0 Å². The summed E-state index contributed by atoms with van der Waals surface area (Å²) in [5.41, 5.74) is 2.94. The first-order valence-electron chi connectivity index (χ1n) is 15.9. The van der Waals surface area contributed by atoms with Gasteiger partial charge in [-0.3, -0.25) is 33.7 Å². The Balaban J connectivity index is 1.63. The van der Waals surface area contributed by atoms with Gasteiger partial charge in [-0.1, -0.05) is 0 Å². The molecule has 2 aromatic heterocycles. The number of phenols is 2. The molecule has 0 saturated carbocycles. The Kier molecular flexibility index (Phi) is 14.5. The van der Waals surface area contributed by atoms with E-state index in [0.29, 0.717) is 19.6 Å². The van der Waals surface area contributed by atoms with E-state index in [9.17, 15) is 49.2 Å². The highest BCUT2D eigenvalue weighted by Gasteiger charge is 2.22. The van der Waals surface area contributed by atoms with E-state index in [-0.39, 0.29) is 68.1 Å². The summed E-state index contributed by atoms with van der Waals surface area (Å²) in [5.74, 6) is -5.81. The zero-order valence-corrected chi connectivity index (χ0v) is 28.2. The van der Waals surface area contributed by atoms with E-state index in [4.69, 9.17) is 5.73 Å². The first kappa shape index (κ1) is 39.5. The highest BCUT2D eigenvalue weighted by atomic mass is 16.3. The Morgan fingerprint density at radius 3 is 1.29 bits per heavy atom. The van der Waals surface area contributed by atoms with Gasteiger partial charge in [-0.15, -0.1) is 0 Å². The first-order chi connectivity index (χ1) is 24.3. The molecule has 51 heavy (non-hydrogen) atoms. The second-order valence-electron chi connectivity index (χ2n) is 11.2. The van der Waals surface area contributed by atoms with Gasteiger partial charge in [0.2, 0.25) is 0 Å². The number of aryl methyl sites for hydroxylation is 2. The van der Waals surface area contributed by atoms with Gasteiger partial charge in [0.05, 0.1) is 22.3 Å². The molecule has 1 aromatic carbocycles. The van der Waals surface area contributed by atoms with Gasteiger partial charge in [0, 0.05) is 91.9 Å². The topological polar surface area (TPSA) is 283 Å². The van der Waals surface area contributed by atoms with Crippen LogP contribution in [0.2, 0.25) is 0 Å². The lowest BCUT2D eigenvalue weighted by Gasteiger charge is -2.23. The molecule has 276 valence electrons. The number of nitrogens with two attached hydrogens (primary N) is 1. The van der Waals surface area contributed by atoms with Crippen molar-refractivity contribution in [2.45, 2.75) is 0 Å². The summed E-state index contributed by atoms with van der Waals surface area (Å²) >= 11 is 0. The minimum atomic E-state index is -0.790. The maximum atomic E-state index is 12.9. The average Bonchev–Trinajstić information content (AvgIpc) is 3.10. The predicted molar refractivity (Wildman–Crippen MR) is 184 cm³/mol. The largest absolute Gasteiger partial charge is 0.504 e. The number of hydrogen-bond acceptors (Lipinski definition) is 13. The SMILES string of the molecule is Cn1ccc(C(=O)NCCN(CCNC(=O)c2ccc(C(=O)NCCNCCN)c(O)c2O)CCNC(=O)c2ccn(C)c(=O)c2O)c(O)c1=O. The Morgan fingerprint density at radius 2 is 0.922 bits per heavy atom. The highest BCUT2D eigenvalue weighted by Crippen LogP contribution is 2.32. The fourth-order valence-electron chi connectivity index (χ4n) is 4.73. The van der Waals surface area contributed by atoms with Crippen LogP contribution in [-0.2, 0) is 14.1 Å². The molecule has 0 unspecified atom stereocenters. The number of aromatic nitrogens is 2. The zero-order valence-electron chi connectivity index (χ0n) is 28.2. The van der Waals surface area contributed by atoms with Gasteiger partial charge in [0.25, 0.3) is 34.7 Å². The highest BCUT2D eigenvalue weighted by molar-refractivity contribution is 6.03. The molecule has 0 bridgehead atoms. The van der Waals surface area contributed by atoms with Crippen molar-refractivity contribution in [3.05, 3.63) is 79.6 Å². The van der Waals surface area contributed by atoms with Crippen LogP contribution in [0.4, 0.5) is 0 Å². The van der Waals surface area contributed by atoms with E-state index in [1.807, 2.05) is 0 Å². The number of aromatic hydroxyl groups is 4. The van der Waals surface area contributed by atoms with Crippen LogP contribution in [0.5, 0.6) is 23.0 Å². The Hall–Kier alpha value is -5.92. The van der Waals surface area contributed by atoms with Gasteiger partial charge in [0.1, 0.15) is 0 Å². The van der Waals surface area contributed by atoms with Crippen molar-refractivity contribution in [1.29, 1.82) is 0 Å². The second kappa shape index (κ2) is 18.7. The maximum Gasteiger partial charge on any atom is 0.293 e. The van der Waals surface area contributed by atoms with Crippen LogP contribution in [0.1, 0.15) is 41.4 Å². The molecule has 3 rings (SSSR count). The van der Waals surface area contributed by atoms with E-state index in [1.54, 1.807) is 4.90 Å². The zero-order chi connectivity index (χ0) is 37.7. The molecule has 0 saturated heterocycles. The third-order valence-corrected chi connectivity index (χ3v) is 7.66. The van der Waals surface area contributed by atoms with Crippen molar-refractivity contribution in [2.75, 3.05) is 65.4 Å². The van der Waals surface area contributed by atoms with Crippen LogP contribution in [-0.4, -0.2) is 124 Å². The number of rotatable bonds is 18. The van der Waals surface area contributed by atoms with E-state index in [0.717, 1.165) is 9.13 Å². The number of nitrogens with zero attached hydrogens (tertiary/aromatic N) is 3. The minimum Gasteiger partial charge on any atom is -0.504 e. The summed E-state index contributed by atoms with van der Waals surface area (Å²) < 4.78 is 2.22. The number of carbonyl (C=O) groups is 4. The second-order valence-corrected chi connectivity index (χ2v) is 11.2. The smallest absolute Gasteiger partial charge is 0.293 e. The molecule has 4 amide bonds. The maximum absolute atomic E-state index is 12.9. The van der Waals surface area contributed by atoms with E-state index in [1.165, 1.54) is 50.8 Å². The molecular formula is C32H43N9O10. The summed E-state index contributed by atoms with van der Waals surface area (Å²) in [6, 6.07) is 4.96. The van der Waals surface area contributed by atoms with Gasteiger partial charge in [-0.2, -0.15) is 0 Å².